The minimum Gasteiger partial charge on any atom is -0.324 e. The van der Waals surface area contributed by atoms with Crippen molar-refractivity contribution in [3.63, 3.8) is 0 Å². The van der Waals surface area contributed by atoms with Crippen molar-refractivity contribution in [3.05, 3.63) is 65.7 Å². The van der Waals surface area contributed by atoms with E-state index in [-0.39, 0.29) is 5.91 Å². The zero-order chi connectivity index (χ0) is 13.7. The van der Waals surface area contributed by atoms with Gasteiger partial charge in [0.05, 0.1) is 0 Å². The molecule has 1 atom stereocenters. The summed E-state index contributed by atoms with van der Waals surface area (Å²) in [6.45, 7) is 0. The van der Waals surface area contributed by atoms with Crippen LogP contribution in [0, 0.1) is 12.3 Å². The first-order chi connectivity index (χ1) is 9.20. The lowest BCUT2D eigenvalue weighted by molar-refractivity contribution is -0.117. The maximum Gasteiger partial charge on any atom is 0.245 e. The predicted molar refractivity (Wildman–Crippen MR) is 76.4 cm³/mol. The monoisotopic (exact) mass is 250 g/mol. The molecule has 0 bridgehead atoms. The molecule has 2 aromatic rings. The number of nitrogens with one attached hydrogen (secondary N) is 1. The fourth-order valence-electron chi connectivity index (χ4n) is 1.72. The fourth-order valence-corrected chi connectivity index (χ4v) is 1.72. The lowest BCUT2D eigenvalue weighted by Gasteiger charge is -2.12. The highest BCUT2D eigenvalue weighted by Gasteiger charge is 2.15. The zero-order valence-electron chi connectivity index (χ0n) is 10.3. The average Bonchev–Trinajstić information content (AvgIpc) is 2.47. The summed E-state index contributed by atoms with van der Waals surface area (Å²) < 4.78 is 0. The summed E-state index contributed by atoms with van der Waals surface area (Å²) in [5.41, 5.74) is 8.04. The van der Waals surface area contributed by atoms with E-state index in [2.05, 4.69) is 11.2 Å². The van der Waals surface area contributed by atoms with Crippen molar-refractivity contribution in [1.29, 1.82) is 0 Å². The summed E-state index contributed by atoms with van der Waals surface area (Å²) in [5.74, 6) is 2.26. The van der Waals surface area contributed by atoms with Crippen molar-refractivity contribution < 1.29 is 4.79 Å². The number of hydrogen-bond donors (Lipinski definition) is 2. The smallest absolute Gasteiger partial charge is 0.245 e. The van der Waals surface area contributed by atoms with Gasteiger partial charge < -0.3 is 11.1 Å². The first-order valence-corrected chi connectivity index (χ1v) is 5.89. The van der Waals surface area contributed by atoms with Crippen molar-refractivity contribution in [2.24, 2.45) is 5.73 Å². The molecule has 0 saturated carbocycles. The van der Waals surface area contributed by atoms with Crippen LogP contribution >= 0.6 is 0 Å². The lowest BCUT2D eigenvalue weighted by atomic mass is 10.1. The van der Waals surface area contributed by atoms with Crippen LogP contribution in [0.25, 0.3) is 0 Å². The summed E-state index contributed by atoms with van der Waals surface area (Å²) in [7, 11) is 0. The molecule has 0 spiro atoms. The number of carbonyl (C=O) groups is 1. The number of anilines is 1. The van der Waals surface area contributed by atoms with Gasteiger partial charge in [0.25, 0.3) is 0 Å². The number of carbonyl (C=O) groups excluding carboxylic acids is 1. The van der Waals surface area contributed by atoms with Gasteiger partial charge in [-0.25, -0.2) is 0 Å². The van der Waals surface area contributed by atoms with E-state index in [1.54, 1.807) is 24.3 Å². The highest BCUT2D eigenvalue weighted by molar-refractivity contribution is 5.95. The largest absolute Gasteiger partial charge is 0.324 e. The second-order valence-corrected chi connectivity index (χ2v) is 4.10. The number of terminal acetylenes is 1. The van der Waals surface area contributed by atoms with Crippen LogP contribution in [0.1, 0.15) is 17.2 Å². The maximum atomic E-state index is 12.0. The predicted octanol–water partition coefficient (Wildman–Crippen LogP) is 2.31. The number of rotatable bonds is 3. The standard InChI is InChI=1S/C16H14N2O/c1-2-12-7-6-10-14(11-12)18-16(19)15(17)13-8-4-3-5-9-13/h1,3-11,15H,17H2,(H,18,19). The Morgan fingerprint density at radius 1 is 1.16 bits per heavy atom. The van der Waals surface area contributed by atoms with Gasteiger partial charge in [-0.3, -0.25) is 4.79 Å². The van der Waals surface area contributed by atoms with Crippen LogP contribution in [0.4, 0.5) is 5.69 Å². The van der Waals surface area contributed by atoms with E-state index in [1.807, 2.05) is 30.3 Å². The SMILES string of the molecule is C#Cc1cccc(NC(=O)C(N)c2ccccc2)c1. The molecule has 2 rings (SSSR count). The van der Waals surface area contributed by atoms with Gasteiger partial charge in [-0.1, -0.05) is 42.3 Å². The van der Waals surface area contributed by atoms with E-state index in [0.717, 1.165) is 5.56 Å². The minimum absolute atomic E-state index is 0.264. The Morgan fingerprint density at radius 2 is 1.89 bits per heavy atom. The molecule has 0 radical (unpaired) electrons. The lowest BCUT2D eigenvalue weighted by Crippen LogP contribution is -2.27. The molecule has 1 amide bonds. The molecule has 3 heteroatoms. The van der Waals surface area contributed by atoms with E-state index in [4.69, 9.17) is 12.2 Å². The zero-order valence-corrected chi connectivity index (χ0v) is 10.3. The molecule has 19 heavy (non-hydrogen) atoms. The van der Waals surface area contributed by atoms with E-state index >= 15 is 0 Å². The van der Waals surface area contributed by atoms with Crippen LogP contribution in [-0.2, 0) is 4.79 Å². The van der Waals surface area contributed by atoms with Gasteiger partial charge in [0, 0.05) is 11.3 Å². The van der Waals surface area contributed by atoms with E-state index in [9.17, 15) is 4.79 Å². The molecule has 0 aliphatic carbocycles. The topological polar surface area (TPSA) is 55.1 Å². The Bertz CT molecular complexity index is 614. The summed E-state index contributed by atoms with van der Waals surface area (Å²) in [6, 6.07) is 15.6. The van der Waals surface area contributed by atoms with E-state index < -0.39 is 6.04 Å². The molecule has 94 valence electrons. The molecule has 3 nitrogen and oxygen atoms in total. The molecular formula is C16H14N2O. The van der Waals surface area contributed by atoms with Gasteiger partial charge in [-0.05, 0) is 23.8 Å². The van der Waals surface area contributed by atoms with Crippen LogP contribution in [0.5, 0.6) is 0 Å². The second-order valence-electron chi connectivity index (χ2n) is 4.10. The Morgan fingerprint density at radius 3 is 2.58 bits per heavy atom. The highest BCUT2D eigenvalue weighted by atomic mass is 16.2. The molecule has 0 aromatic heterocycles. The average molecular weight is 250 g/mol. The summed E-state index contributed by atoms with van der Waals surface area (Å²) >= 11 is 0. The molecule has 0 aliphatic heterocycles. The van der Waals surface area contributed by atoms with Crippen LogP contribution in [0.3, 0.4) is 0 Å². The molecule has 3 N–H and O–H groups in total. The van der Waals surface area contributed by atoms with Gasteiger partial charge in [0.2, 0.25) is 5.91 Å². The quantitative estimate of drug-likeness (QED) is 0.821. The third-order valence-electron chi connectivity index (χ3n) is 2.74. The maximum absolute atomic E-state index is 12.0. The van der Waals surface area contributed by atoms with Crippen molar-refractivity contribution in [2.75, 3.05) is 5.32 Å². The third-order valence-corrected chi connectivity index (χ3v) is 2.74. The fraction of sp³-hybridized carbons (Fsp3) is 0.0625. The second kappa shape index (κ2) is 5.85. The number of nitrogens with two attached hydrogens (primary N) is 1. The summed E-state index contributed by atoms with van der Waals surface area (Å²) in [6.07, 6.45) is 5.31. The summed E-state index contributed by atoms with van der Waals surface area (Å²) in [4.78, 5) is 12.0. The Kier molecular flexibility index (Phi) is 3.97. The van der Waals surface area contributed by atoms with Crippen molar-refractivity contribution >= 4 is 11.6 Å². The molecule has 0 fully saturated rings. The van der Waals surface area contributed by atoms with Crippen LogP contribution in [0.2, 0.25) is 0 Å². The van der Waals surface area contributed by atoms with Crippen LogP contribution in [0.15, 0.2) is 54.6 Å². The normalized spacial score (nSPS) is 11.4. The highest BCUT2D eigenvalue weighted by Crippen LogP contribution is 2.14. The number of hydrogen-bond acceptors (Lipinski definition) is 2. The van der Waals surface area contributed by atoms with Crippen LogP contribution < -0.4 is 11.1 Å². The number of amides is 1. The summed E-state index contributed by atoms with van der Waals surface area (Å²) in [5, 5.41) is 2.76. The van der Waals surface area contributed by atoms with Gasteiger partial charge >= 0.3 is 0 Å². The minimum atomic E-state index is -0.698. The Balaban J connectivity index is 2.11. The first-order valence-electron chi connectivity index (χ1n) is 5.89. The Hall–Kier alpha value is -2.57. The molecule has 1 unspecified atom stereocenters. The van der Waals surface area contributed by atoms with Crippen LogP contribution in [-0.4, -0.2) is 5.91 Å². The van der Waals surface area contributed by atoms with Gasteiger partial charge in [0.1, 0.15) is 6.04 Å². The third kappa shape index (κ3) is 3.21. The Labute approximate surface area is 112 Å². The van der Waals surface area contributed by atoms with Crippen molar-refractivity contribution in [2.45, 2.75) is 6.04 Å². The van der Waals surface area contributed by atoms with Gasteiger partial charge in [-0.2, -0.15) is 0 Å². The molecular weight excluding hydrogens is 236 g/mol. The van der Waals surface area contributed by atoms with E-state index in [0.29, 0.717) is 11.3 Å². The van der Waals surface area contributed by atoms with Crippen molar-refractivity contribution in [3.8, 4) is 12.3 Å². The van der Waals surface area contributed by atoms with E-state index in [1.165, 1.54) is 0 Å². The molecule has 0 heterocycles. The van der Waals surface area contributed by atoms with Gasteiger partial charge in [-0.15, -0.1) is 6.42 Å². The first kappa shape index (κ1) is 12.9. The van der Waals surface area contributed by atoms with Crippen molar-refractivity contribution in [1.82, 2.24) is 0 Å². The van der Waals surface area contributed by atoms with Gasteiger partial charge in [0.15, 0.2) is 0 Å². The molecule has 0 saturated heterocycles. The molecule has 2 aromatic carbocycles. The number of benzene rings is 2. The molecule has 0 aliphatic rings.